The largest absolute Gasteiger partial charge is 0.389 e. The summed E-state index contributed by atoms with van der Waals surface area (Å²) in [6.45, 7) is 16.2. The van der Waals surface area contributed by atoms with Crippen molar-refractivity contribution in [2.24, 2.45) is 17.3 Å². The van der Waals surface area contributed by atoms with Crippen LogP contribution in [0.3, 0.4) is 0 Å². The summed E-state index contributed by atoms with van der Waals surface area (Å²) in [4.78, 5) is 0. The van der Waals surface area contributed by atoms with Gasteiger partial charge in [-0.2, -0.15) is 0 Å². The van der Waals surface area contributed by atoms with E-state index < -0.39 is 6.10 Å². The van der Waals surface area contributed by atoms with Crippen LogP contribution in [0.15, 0.2) is 0 Å². The van der Waals surface area contributed by atoms with Gasteiger partial charge in [0.15, 0.2) is 0 Å². The van der Waals surface area contributed by atoms with Crippen LogP contribution in [-0.4, -0.2) is 37.5 Å². The highest BCUT2D eigenvalue weighted by Crippen LogP contribution is 2.24. The van der Waals surface area contributed by atoms with E-state index in [4.69, 9.17) is 4.74 Å². The van der Waals surface area contributed by atoms with Crippen LogP contribution < -0.4 is 5.32 Å². The van der Waals surface area contributed by atoms with E-state index in [-0.39, 0.29) is 5.41 Å². The summed E-state index contributed by atoms with van der Waals surface area (Å²) < 4.78 is 5.69. The van der Waals surface area contributed by atoms with Gasteiger partial charge in [0, 0.05) is 19.7 Å². The maximum absolute atomic E-state index is 9.96. The van der Waals surface area contributed by atoms with Crippen LogP contribution >= 0.6 is 0 Å². The number of aliphatic hydroxyl groups excluding tert-OH is 1. The summed E-state index contributed by atoms with van der Waals surface area (Å²) in [5.41, 5.74) is 0.258. The van der Waals surface area contributed by atoms with E-state index in [9.17, 15) is 5.11 Å². The summed E-state index contributed by atoms with van der Waals surface area (Å²) in [6.07, 6.45) is 4.52. The van der Waals surface area contributed by atoms with Crippen molar-refractivity contribution in [3.63, 3.8) is 0 Å². The van der Waals surface area contributed by atoms with Crippen molar-refractivity contribution in [3.8, 4) is 0 Å². The van der Waals surface area contributed by atoms with Crippen molar-refractivity contribution in [2.75, 3.05) is 26.3 Å². The van der Waals surface area contributed by atoms with Gasteiger partial charge in [-0.3, -0.25) is 0 Å². The van der Waals surface area contributed by atoms with Gasteiger partial charge in [-0.15, -0.1) is 0 Å². The number of ether oxygens (including phenoxy) is 1. The molecule has 0 aromatic heterocycles. The van der Waals surface area contributed by atoms with Crippen molar-refractivity contribution in [1.82, 2.24) is 5.32 Å². The average molecular weight is 302 g/mol. The molecular weight excluding hydrogens is 262 g/mol. The molecule has 0 saturated heterocycles. The van der Waals surface area contributed by atoms with Gasteiger partial charge < -0.3 is 15.2 Å². The van der Waals surface area contributed by atoms with Crippen LogP contribution in [0.25, 0.3) is 0 Å². The van der Waals surface area contributed by atoms with E-state index in [1.54, 1.807) is 0 Å². The summed E-state index contributed by atoms with van der Waals surface area (Å²) in [7, 11) is 0. The normalized spacial score (nSPS) is 15.4. The minimum atomic E-state index is -0.406. The Morgan fingerprint density at radius 3 is 2.33 bits per heavy atom. The van der Waals surface area contributed by atoms with Gasteiger partial charge in [0.25, 0.3) is 0 Å². The van der Waals surface area contributed by atoms with Crippen LogP contribution in [0.1, 0.15) is 67.2 Å². The van der Waals surface area contributed by atoms with E-state index in [0.29, 0.717) is 25.0 Å². The van der Waals surface area contributed by atoms with Gasteiger partial charge in [-0.1, -0.05) is 60.8 Å². The third kappa shape index (κ3) is 10.3. The van der Waals surface area contributed by atoms with Crippen LogP contribution in [0.2, 0.25) is 0 Å². The lowest BCUT2D eigenvalue weighted by Crippen LogP contribution is -2.38. The van der Waals surface area contributed by atoms with Crippen LogP contribution in [0.4, 0.5) is 0 Å². The second kappa shape index (κ2) is 11.4. The molecule has 128 valence electrons. The van der Waals surface area contributed by atoms with Crippen molar-refractivity contribution < 1.29 is 9.84 Å². The minimum Gasteiger partial charge on any atom is -0.389 e. The Kier molecular flexibility index (Phi) is 11.4. The average Bonchev–Trinajstić information content (AvgIpc) is 2.42. The first kappa shape index (κ1) is 20.9. The molecule has 0 aliphatic rings. The first-order chi connectivity index (χ1) is 9.83. The van der Waals surface area contributed by atoms with Crippen molar-refractivity contribution in [3.05, 3.63) is 0 Å². The molecule has 2 unspecified atom stereocenters. The second-order valence-corrected chi connectivity index (χ2v) is 7.38. The Hall–Kier alpha value is -0.120. The molecule has 0 heterocycles. The minimum absolute atomic E-state index is 0.258. The Bertz CT molecular complexity index is 241. The fourth-order valence-corrected chi connectivity index (χ4v) is 2.09. The van der Waals surface area contributed by atoms with E-state index in [2.05, 4.69) is 46.9 Å². The van der Waals surface area contributed by atoms with E-state index in [0.717, 1.165) is 19.6 Å². The molecule has 0 aromatic carbocycles. The maximum Gasteiger partial charge on any atom is 0.0897 e. The number of rotatable bonds is 13. The monoisotopic (exact) mass is 301 g/mol. The fraction of sp³-hybridized carbons (Fsp3) is 1.00. The maximum atomic E-state index is 9.96. The van der Waals surface area contributed by atoms with Crippen molar-refractivity contribution in [1.29, 1.82) is 0 Å². The summed E-state index contributed by atoms with van der Waals surface area (Å²) >= 11 is 0. The first-order valence-electron chi connectivity index (χ1n) is 8.80. The molecule has 21 heavy (non-hydrogen) atoms. The van der Waals surface area contributed by atoms with Gasteiger partial charge in [0.2, 0.25) is 0 Å². The molecule has 0 aliphatic carbocycles. The Labute approximate surface area is 132 Å². The van der Waals surface area contributed by atoms with Crippen LogP contribution in [0, 0.1) is 17.3 Å². The SMILES string of the molecule is CCCCC(CC)COCC(O)CNCC(C)(C)C(C)C. The highest BCUT2D eigenvalue weighted by molar-refractivity contribution is 4.75. The molecule has 0 spiro atoms. The van der Waals surface area contributed by atoms with Gasteiger partial charge in [-0.25, -0.2) is 0 Å². The summed E-state index contributed by atoms with van der Waals surface area (Å²) in [5.74, 6) is 1.27. The molecular formula is C18H39NO2. The predicted molar refractivity (Wildman–Crippen MR) is 91.6 cm³/mol. The van der Waals surface area contributed by atoms with Crippen molar-refractivity contribution in [2.45, 2.75) is 73.3 Å². The molecule has 3 nitrogen and oxygen atoms in total. The van der Waals surface area contributed by atoms with Crippen LogP contribution in [0.5, 0.6) is 0 Å². The standard InChI is InChI=1S/C18H39NO2/c1-7-9-10-16(8-2)12-21-13-17(20)11-19-14-18(5,6)15(3)4/h15-17,19-20H,7-14H2,1-6H3. The Morgan fingerprint density at radius 1 is 1.14 bits per heavy atom. The number of aliphatic hydroxyl groups is 1. The zero-order chi connectivity index (χ0) is 16.3. The predicted octanol–water partition coefficient (Wildman–Crippen LogP) is 3.85. The molecule has 0 saturated carbocycles. The van der Waals surface area contributed by atoms with Gasteiger partial charge >= 0.3 is 0 Å². The Balaban J connectivity index is 3.73. The van der Waals surface area contributed by atoms with Gasteiger partial charge in [0.05, 0.1) is 12.7 Å². The lowest BCUT2D eigenvalue weighted by molar-refractivity contribution is 0.0181. The smallest absolute Gasteiger partial charge is 0.0897 e. The topological polar surface area (TPSA) is 41.5 Å². The number of unbranched alkanes of at least 4 members (excludes halogenated alkanes) is 1. The molecule has 0 radical (unpaired) electrons. The lowest BCUT2D eigenvalue weighted by Gasteiger charge is -2.30. The van der Waals surface area contributed by atoms with E-state index in [1.165, 1.54) is 19.3 Å². The van der Waals surface area contributed by atoms with E-state index in [1.807, 2.05) is 0 Å². The lowest BCUT2D eigenvalue weighted by atomic mass is 9.81. The first-order valence-corrected chi connectivity index (χ1v) is 8.80. The second-order valence-electron chi connectivity index (χ2n) is 7.38. The van der Waals surface area contributed by atoms with Crippen LogP contribution in [-0.2, 0) is 4.74 Å². The molecule has 0 rings (SSSR count). The quantitative estimate of drug-likeness (QED) is 0.543. The fourth-order valence-electron chi connectivity index (χ4n) is 2.09. The third-order valence-electron chi connectivity index (χ3n) is 4.73. The molecule has 0 bridgehead atoms. The van der Waals surface area contributed by atoms with Crippen molar-refractivity contribution >= 4 is 0 Å². The van der Waals surface area contributed by atoms with Gasteiger partial charge in [-0.05, 0) is 23.7 Å². The van der Waals surface area contributed by atoms with E-state index >= 15 is 0 Å². The molecule has 0 amide bonds. The zero-order valence-electron chi connectivity index (χ0n) is 15.2. The van der Waals surface area contributed by atoms with Gasteiger partial charge in [0.1, 0.15) is 0 Å². The highest BCUT2D eigenvalue weighted by Gasteiger charge is 2.21. The Morgan fingerprint density at radius 2 is 1.81 bits per heavy atom. The molecule has 0 aromatic rings. The molecule has 2 atom stereocenters. The number of nitrogens with one attached hydrogen (secondary N) is 1. The number of hydrogen-bond acceptors (Lipinski definition) is 3. The third-order valence-corrected chi connectivity index (χ3v) is 4.73. The zero-order valence-corrected chi connectivity index (χ0v) is 15.2. The summed E-state index contributed by atoms with van der Waals surface area (Å²) in [6, 6.07) is 0. The summed E-state index contributed by atoms with van der Waals surface area (Å²) in [5, 5.41) is 13.3. The number of hydrogen-bond donors (Lipinski definition) is 2. The molecule has 2 N–H and O–H groups in total. The molecule has 3 heteroatoms. The molecule has 0 aliphatic heterocycles. The molecule has 0 fully saturated rings. The highest BCUT2D eigenvalue weighted by atomic mass is 16.5.